The largest absolute Gasteiger partial charge is 0.481 e. The number of ether oxygens (including phenoxy) is 1. The zero-order chi connectivity index (χ0) is 22.7. The summed E-state index contributed by atoms with van der Waals surface area (Å²) in [5, 5.41) is 16.2. The van der Waals surface area contributed by atoms with Crippen LogP contribution in [0.15, 0.2) is 42.6 Å². The summed E-state index contributed by atoms with van der Waals surface area (Å²) in [4.78, 5) is 22.3. The van der Waals surface area contributed by atoms with Crippen LogP contribution in [0.2, 0.25) is 0 Å². The van der Waals surface area contributed by atoms with E-state index in [1.807, 2.05) is 12.1 Å². The number of carbonyl (C=O) groups is 1. The van der Waals surface area contributed by atoms with Crippen molar-refractivity contribution >= 4 is 11.8 Å². The molecule has 0 saturated carbocycles. The molecular formula is C23H26FN5O3. The van der Waals surface area contributed by atoms with E-state index in [9.17, 15) is 14.3 Å². The Bertz CT molecular complexity index is 1080. The number of carboxylic acids is 1. The van der Waals surface area contributed by atoms with Crippen molar-refractivity contribution in [2.45, 2.75) is 32.8 Å². The van der Waals surface area contributed by atoms with Crippen LogP contribution in [0.4, 0.5) is 10.2 Å². The second kappa shape index (κ2) is 9.04. The van der Waals surface area contributed by atoms with Crippen molar-refractivity contribution < 1.29 is 19.0 Å². The van der Waals surface area contributed by atoms with Crippen molar-refractivity contribution in [2.24, 2.45) is 5.41 Å². The van der Waals surface area contributed by atoms with E-state index in [1.165, 1.54) is 6.07 Å². The van der Waals surface area contributed by atoms with Crippen LogP contribution in [0.5, 0.6) is 0 Å². The lowest BCUT2D eigenvalue weighted by Gasteiger charge is -2.34. The maximum Gasteiger partial charge on any atom is 0.311 e. The summed E-state index contributed by atoms with van der Waals surface area (Å²) >= 11 is 0. The molecule has 0 bridgehead atoms. The molecule has 3 aromatic rings. The van der Waals surface area contributed by atoms with Crippen LogP contribution in [-0.2, 0) is 9.53 Å². The topological polar surface area (TPSA) is 104 Å². The molecule has 2 N–H and O–H groups in total. The van der Waals surface area contributed by atoms with Gasteiger partial charge in [-0.25, -0.2) is 14.4 Å². The maximum absolute atomic E-state index is 14.0. The molecule has 1 aliphatic rings. The van der Waals surface area contributed by atoms with E-state index in [0.717, 1.165) is 37.3 Å². The van der Waals surface area contributed by atoms with Crippen LogP contribution in [0, 0.1) is 11.2 Å². The monoisotopic (exact) mass is 439 g/mol. The van der Waals surface area contributed by atoms with Crippen molar-refractivity contribution in [1.29, 1.82) is 0 Å². The number of halogens is 1. The summed E-state index contributed by atoms with van der Waals surface area (Å²) < 4.78 is 19.8. The van der Waals surface area contributed by atoms with Gasteiger partial charge in [0.05, 0.1) is 23.7 Å². The molecule has 1 aliphatic heterocycles. The number of aromatic amines is 1. The Hall–Kier alpha value is -3.33. The van der Waals surface area contributed by atoms with Crippen molar-refractivity contribution in [3.63, 3.8) is 0 Å². The number of H-pyrrole nitrogens is 1. The average molecular weight is 439 g/mol. The Morgan fingerprint density at radius 1 is 1.25 bits per heavy atom. The first-order chi connectivity index (χ1) is 15.3. The van der Waals surface area contributed by atoms with Crippen LogP contribution in [0.1, 0.15) is 26.7 Å². The van der Waals surface area contributed by atoms with Gasteiger partial charge in [-0.05, 0) is 51.0 Å². The number of piperidine rings is 1. The van der Waals surface area contributed by atoms with Gasteiger partial charge in [-0.3, -0.25) is 9.89 Å². The highest BCUT2D eigenvalue weighted by molar-refractivity contribution is 5.73. The van der Waals surface area contributed by atoms with Crippen molar-refractivity contribution in [1.82, 2.24) is 20.2 Å². The molecule has 3 heterocycles. The van der Waals surface area contributed by atoms with E-state index in [1.54, 1.807) is 38.2 Å². The fourth-order valence-electron chi connectivity index (χ4n) is 3.51. The van der Waals surface area contributed by atoms with Gasteiger partial charge in [0.25, 0.3) is 0 Å². The first-order valence-electron chi connectivity index (χ1n) is 10.6. The summed E-state index contributed by atoms with van der Waals surface area (Å²) in [6.07, 6.45) is 3.38. The molecule has 4 rings (SSSR count). The quantitative estimate of drug-likeness (QED) is 0.577. The van der Waals surface area contributed by atoms with Gasteiger partial charge in [0.2, 0.25) is 0 Å². The highest BCUT2D eigenvalue weighted by Gasteiger charge is 2.30. The van der Waals surface area contributed by atoms with E-state index in [0.29, 0.717) is 17.2 Å². The fourth-order valence-corrected chi connectivity index (χ4v) is 3.51. The van der Waals surface area contributed by atoms with E-state index >= 15 is 0 Å². The number of aromatic nitrogens is 4. The minimum Gasteiger partial charge on any atom is -0.481 e. The lowest BCUT2D eigenvalue weighted by molar-refractivity contribution is -0.152. The van der Waals surface area contributed by atoms with Gasteiger partial charge >= 0.3 is 5.97 Å². The van der Waals surface area contributed by atoms with Gasteiger partial charge in [0, 0.05) is 24.8 Å². The van der Waals surface area contributed by atoms with Gasteiger partial charge in [-0.1, -0.05) is 12.1 Å². The lowest BCUT2D eigenvalue weighted by Crippen LogP contribution is -2.39. The smallest absolute Gasteiger partial charge is 0.311 e. The number of hydrogen-bond acceptors (Lipinski definition) is 6. The molecule has 0 unspecified atom stereocenters. The number of aliphatic carboxylic acids is 1. The van der Waals surface area contributed by atoms with Gasteiger partial charge in [0.15, 0.2) is 11.6 Å². The standard InChI is InChI=1S/C23H26FN5O3/c1-23(2,22(30)31)14-32-16-9-11-29(12-10-16)19-8-7-15(13-25-19)20-26-21(28-27-20)17-5-3-4-6-18(17)24/h3-8,13,16H,9-12,14H2,1-2H3,(H,30,31)(H,26,27,28). The molecule has 9 heteroatoms. The van der Waals surface area contributed by atoms with Crippen molar-refractivity contribution in [3.05, 3.63) is 48.4 Å². The fraction of sp³-hybridized carbons (Fsp3) is 0.391. The molecule has 0 aliphatic carbocycles. The molecule has 168 valence electrons. The van der Waals surface area contributed by atoms with Crippen LogP contribution in [0.25, 0.3) is 22.8 Å². The van der Waals surface area contributed by atoms with Crippen molar-refractivity contribution in [2.75, 3.05) is 24.6 Å². The zero-order valence-corrected chi connectivity index (χ0v) is 18.1. The predicted molar refractivity (Wildman–Crippen MR) is 118 cm³/mol. The number of rotatable bonds is 7. The predicted octanol–water partition coefficient (Wildman–Crippen LogP) is 3.77. The second-order valence-corrected chi connectivity index (χ2v) is 8.58. The molecule has 1 fully saturated rings. The van der Waals surface area contributed by atoms with Crippen LogP contribution in [-0.4, -0.2) is 57.0 Å². The summed E-state index contributed by atoms with van der Waals surface area (Å²) in [6.45, 7) is 5.10. The molecule has 0 radical (unpaired) electrons. The summed E-state index contributed by atoms with van der Waals surface area (Å²) in [5.74, 6) is 0.461. The average Bonchev–Trinajstić information content (AvgIpc) is 3.28. The molecule has 2 aromatic heterocycles. The first kappa shape index (κ1) is 21.9. The van der Waals surface area contributed by atoms with Gasteiger partial charge in [-0.15, -0.1) is 0 Å². The minimum atomic E-state index is -0.888. The SMILES string of the molecule is CC(C)(COC1CCN(c2ccc(-c3n[nH]c(-c4ccccc4F)n3)cn2)CC1)C(=O)O. The van der Waals surface area contributed by atoms with Gasteiger partial charge < -0.3 is 14.7 Å². The van der Waals surface area contributed by atoms with Crippen molar-refractivity contribution in [3.8, 4) is 22.8 Å². The highest BCUT2D eigenvalue weighted by atomic mass is 19.1. The number of pyridine rings is 1. The Balaban J connectivity index is 1.35. The highest BCUT2D eigenvalue weighted by Crippen LogP contribution is 2.25. The first-order valence-corrected chi connectivity index (χ1v) is 10.6. The molecule has 0 atom stereocenters. The minimum absolute atomic E-state index is 0.0502. The summed E-state index contributed by atoms with van der Waals surface area (Å²) in [5.41, 5.74) is 0.218. The Morgan fingerprint density at radius 2 is 2.00 bits per heavy atom. The molecular weight excluding hydrogens is 413 g/mol. The third-order valence-electron chi connectivity index (χ3n) is 5.65. The Kier molecular flexibility index (Phi) is 6.18. The zero-order valence-electron chi connectivity index (χ0n) is 18.1. The summed E-state index contributed by atoms with van der Waals surface area (Å²) in [7, 11) is 0. The van der Waals surface area contributed by atoms with Crippen LogP contribution >= 0.6 is 0 Å². The third kappa shape index (κ3) is 4.77. The molecule has 1 aromatic carbocycles. The van der Waals surface area contributed by atoms with E-state index < -0.39 is 11.4 Å². The third-order valence-corrected chi connectivity index (χ3v) is 5.65. The Morgan fingerprint density at radius 3 is 2.66 bits per heavy atom. The molecule has 1 saturated heterocycles. The van der Waals surface area contributed by atoms with Gasteiger partial charge in [0.1, 0.15) is 11.6 Å². The molecule has 32 heavy (non-hydrogen) atoms. The number of hydrogen-bond donors (Lipinski definition) is 2. The van der Waals surface area contributed by atoms with E-state index in [-0.39, 0.29) is 18.5 Å². The number of benzene rings is 1. The van der Waals surface area contributed by atoms with E-state index in [2.05, 4.69) is 25.1 Å². The van der Waals surface area contributed by atoms with Crippen LogP contribution in [0.3, 0.4) is 0 Å². The van der Waals surface area contributed by atoms with Crippen LogP contribution < -0.4 is 4.90 Å². The Labute approximate surface area is 185 Å². The number of nitrogens with zero attached hydrogens (tertiary/aromatic N) is 4. The normalized spacial score (nSPS) is 15.2. The second-order valence-electron chi connectivity index (χ2n) is 8.58. The maximum atomic E-state index is 14.0. The van der Waals surface area contributed by atoms with Gasteiger partial charge in [-0.2, -0.15) is 5.10 Å². The number of nitrogens with one attached hydrogen (secondary N) is 1. The molecule has 8 nitrogen and oxygen atoms in total. The summed E-state index contributed by atoms with van der Waals surface area (Å²) in [6, 6.07) is 10.2. The van der Waals surface area contributed by atoms with E-state index in [4.69, 9.17) is 4.74 Å². The number of anilines is 1. The lowest BCUT2D eigenvalue weighted by atomic mass is 9.95. The number of carboxylic acid groups (broad SMARTS) is 1. The molecule has 0 amide bonds. The molecule has 0 spiro atoms.